The van der Waals surface area contributed by atoms with Crippen LogP contribution in [0.2, 0.25) is 0 Å². The van der Waals surface area contributed by atoms with Gasteiger partial charge in [0.1, 0.15) is 0 Å². The Bertz CT molecular complexity index is 405. The Morgan fingerprint density at radius 1 is 1.29 bits per heavy atom. The molecule has 17 heavy (non-hydrogen) atoms. The third-order valence-electron chi connectivity index (χ3n) is 3.02. The first-order chi connectivity index (χ1) is 8.22. The molecule has 1 atom stereocenters. The summed E-state index contributed by atoms with van der Waals surface area (Å²) in [5.41, 5.74) is 1.99. The summed E-state index contributed by atoms with van der Waals surface area (Å²) < 4.78 is 0. The number of amides is 1. The van der Waals surface area contributed by atoms with Gasteiger partial charge in [0, 0.05) is 12.1 Å². The van der Waals surface area contributed by atoms with Gasteiger partial charge < -0.3 is 15.1 Å². The monoisotopic (exact) mass is 235 g/mol. The molecular weight excluding hydrogens is 218 g/mol. The molecule has 0 saturated carbocycles. The molecule has 0 bridgehead atoms. The molecule has 1 unspecified atom stereocenters. The molecule has 2 rings (SSSR count). The number of aliphatic hydroxyl groups is 2. The number of aliphatic hydroxyl groups excluding tert-OH is 2. The Labute approximate surface area is 100 Å². The standard InChI is InChI=1S/C13H17NO3/c15-9-11(16)8-14-12-6-2-1-4-10(12)5-3-7-13(14)17/h1-2,4,6,11,15-16H,3,5,7-9H2. The molecule has 0 saturated heterocycles. The van der Waals surface area contributed by atoms with Gasteiger partial charge in [-0.2, -0.15) is 0 Å². The Kier molecular flexibility index (Phi) is 3.76. The van der Waals surface area contributed by atoms with Crippen LogP contribution < -0.4 is 4.90 Å². The van der Waals surface area contributed by atoms with Crippen LogP contribution in [0.25, 0.3) is 0 Å². The number of rotatable bonds is 3. The summed E-state index contributed by atoms with van der Waals surface area (Å²) in [7, 11) is 0. The van der Waals surface area contributed by atoms with Crippen LogP contribution in [0.3, 0.4) is 0 Å². The van der Waals surface area contributed by atoms with Crippen LogP contribution in [0.15, 0.2) is 24.3 Å². The van der Waals surface area contributed by atoms with Gasteiger partial charge in [-0.15, -0.1) is 0 Å². The van der Waals surface area contributed by atoms with Crippen LogP contribution >= 0.6 is 0 Å². The molecule has 1 aliphatic rings. The normalized spacial score (nSPS) is 17.5. The predicted molar refractivity (Wildman–Crippen MR) is 64.8 cm³/mol. The number of benzene rings is 1. The van der Waals surface area contributed by atoms with Gasteiger partial charge in [-0.25, -0.2) is 0 Å². The zero-order chi connectivity index (χ0) is 12.3. The molecule has 4 nitrogen and oxygen atoms in total. The highest BCUT2D eigenvalue weighted by Crippen LogP contribution is 2.26. The first kappa shape index (κ1) is 12.1. The van der Waals surface area contributed by atoms with Gasteiger partial charge in [0.15, 0.2) is 0 Å². The fourth-order valence-corrected chi connectivity index (χ4v) is 2.15. The molecular formula is C13H17NO3. The minimum absolute atomic E-state index is 0.0162. The van der Waals surface area contributed by atoms with E-state index in [4.69, 9.17) is 5.11 Å². The largest absolute Gasteiger partial charge is 0.394 e. The van der Waals surface area contributed by atoms with Crippen molar-refractivity contribution in [2.45, 2.75) is 25.4 Å². The van der Waals surface area contributed by atoms with Crippen molar-refractivity contribution < 1.29 is 15.0 Å². The van der Waals surface area contributed by atoms with Crippen LogP contribution in [-0.4, -0.2) is 35.4 Å². The SMILES string of the molecule is O=C1CCCc2ccccc2N1CC(O)CO. The molecule has 2 N–H and O–H groups in total. The number of carbonyl (C=O) groups excluding carboxylic acids is 1. The van der Waals surface area contributed by atoms with Crippen molar-refractivity contribution in [1.82, 2.24) is 0 Å². The average molecular weight is 235 g/mol. The van der Waals surface area contributed by atoms with E-state index in [9.17, 15) is 9.90 Å². The average Bonchev–Trinajstić information content (AvgIpc) is 2.50. The molecule has 0 aliphatic carbocycles. The quantitative estimate of drug-likeness (QED) is 0.811. The van der Waals surface area contributed by atoms with Gasteiger partial charge in [-0.3, -0.25) is 4.79 Å². The number of nitrogens with zero attached hydrogens (tertiary/aromatic N) is 1. The number of carbonyl (C=O) groups is 1. The number of aryl methyl sites for hydroxylation is 1. The molecule has 1 aromatic carbocycles. The highest BCUT2D eigenvalue weighted by molar-refractivity contribution is 5.94. The van der Waals surface area contributed by atoms with E-state index in [0.717, 1.165) is 24.1 Å². The first-order valence-corrected chi connectivity index (χ1v) is 5.89. The Hall–Kier alpha value is -1.39. The summed E-state index contributed by atoms with van der Waals surface area (Å²) in [6.45, 7) is -0.168. The zero-order valence-electron chi connectivity index (χ0n) is 9.67. The van der Waals surface area contributed by atoms with Crippen LogP contribution in [-0.2, 0) is 11.2 Å². The second-order valence-corrected chi connectivity index (χ2v) is 4.32. The molecule has 1 heterocycles. The zero-order valence-corrected chi connectivity index (χ0v) is 9.67. The molecule has 0 spiro atoms. The summed E-state index contributed by atoms with van der Waals surface area (Å²) in [6, 6.07) is 7.74. The van der Waals surface area contributed by atoms with E-state index in [2.05, 4.69) is 0 Å². The molecule has 0 fully saturated rings. The van der Waals surface area contributed by atoms with E-state index in [1.54, 1.807) is 4.90 Å². The van der Waals surface area contributed by atoms with Crippen LogP contribution in [0.5, 0.6) is 0 Å². The van der Waals surface area contributed by atoms with Crippen molar-refractivity contribution in [3.8, 4) is 0 Å². The van der Waals surface area contributed by atoms with E-state index in [0.29, 0.717) is 6.42 Å². The van der Waals surface area contributed by atoms with E-state index in [1.165, 1.54) is 0 Å². The Morgan fingerprint density at radius 2 is 2.06 bits per heavy atom. The van der Waals surface area contributed by atoms with Gasteiger partial charge in [0.2, 0.25) is 5.91 Å². The maximum atomic E-state index is 12.0. The van der Waals surface area contributed by atoms with Gasteiger partial charge >= 0.3 is 0 Å². The molecule has 0 aromatic heterocycles. The number of β-amino-alcohol motifs (C(OH)–C–C–N with tert-alkyl or cyclic N) is 1. The molecule has 4 heteroatoms. The second-order valence-electron chi connectivity index (χ2n) is 4.32. The topological polar surface area (TPSA) is 60.8 Å². The van der Waals surface area contributed by atoms with Gasteiger partial charge in [-0.1, -0.05) is 18.2 Å². The maximum absolute atomic E-state index is 12.0. The van der Waals surface area contributed by atoms with Crippen molar-refractivity contribution in [2.75, 3.05) is 18.1 Å². The Balaban J connectivity index is 2.30. The fraction of sp³-hybridized carbons (Fsp3) is 0.462. The highest BCUT2D eigenvalue weighted by atomic mass is 16.3. The highest BCUT2D eigenvalue weighted by Gasteiger charge is 2.23. The second kappa shape index (κ2) is 5.29. The smallest absolute Gasteiger partial charge is 0.227 e. The lowest BCUT2D eigenvalue weighted by molar-refractivity contribution is -0.119. The minimum Gasteiger partial charge on any atom is -0.394 e. The number of hydrogen-bond donors (Lipinski definition) is 2. The number of fused-ring (bicyclic) bond motifs is 1. The van der Waals surface area contributed by atoms with E-state index < -0.39 is 6.10 Å². The fourth-order valence-electron chi connectivity index (χ4n) is 2.15. The van der Waals surface area contributed by atoms with E-state index in [1.807, 2.05) is 24.3 Å². The lowest BCUT2D eigenvalue weighted by Gasteiger charge is -2.24. The minimum atomic E-state index is -0.884. The molecule has 1 aliphatic heterocycles. The third kappa shape index (κ3) is 2.65. The summed E-state index contributed by atoms with van der Waals surface area (Å²) in [4.78, 5) is 13.5. The van der Waals surface area contributed by atoms with Gasteiger partial charge in [0.05, 0.1) is 19.3 Å². The van der Waals surface area contributed by atoms with Crippen molar-refractivity contribution in [2.24, 2.45) is 0 Å². The third-order valence-corrected chi connectivity index (χ3v) is 3.02. The number of hydrogen-bond acceptors (Lipinski definition) is 3. The first-order valence-electron chi connectivity index (χ1n) is 5.89. The van der Waals surface area contributed by atoms with Crippen LogP contribution in [0, 0.1) is 0 Å². The summed E-state index contributed by atoms with van der Waals surface area (Å²) in [5.74, 6) is 0.0162. The summed E-state index contributed by atoms with van der Waals surface area (Å²) in [6.07, 6.45) is 1.33. The lowest BCUT2D eigenvalue weighted by Crippen LogP contribution is -2.38. The summed E-state index contributed by atoms with van der Waals surface area (Å²) in [5, 5.41) is 18.4. The van der Waals surface area contributed by atoms with E-state index in [-0.39, 0.29) is 19.1 Å². The molecule has 1 amide bonds. The molecule has 1 aromatic rings. The molecule has 0 radical (unpaired) electrons. The van der Waals surface area contributed by atoms with Gasteiger partial charge in [-0.05, 0) is 24.5 Å². The lowest BCUT2D eigenvalue weighted by atomic mass is 10.1. The van der Waals surface area contributed by atoms with Crippen molar-refractivity contribution in [3.05, 3.63) is 29.8 Å². The van der Waals surface area contributed by atoms with Crippen molar-refractivity contribution >= 4 is 11.6 Å². The molecule has 92 valence electrons. The van der Waals surface area contributed by atoms with Crippen molar-refractivity contribution in [3.63, 3.8) is 0 Å². The maximum Gasteiger partial charge on any atom is 0.227 e. The number of para-hydroxylation sites is 1. The van der Waals surface area contributed by atoms with Crippen LogP contribution in [0.1, 0.15) is 18.4 Å². The van der Waals surface area contributed by atoms with Crippen LogP contribution in [0.4, 0.5) is 5.69 Å². The van der Waals surface area contributed by atoms with E-state index >= 15 is 0 Å². The van der Waals surface area contributed by atoms with Crippen molar-refractivity contribution in [1.29, 1.82) is 0 Å². The Morgan fingerprint density at radius 3 is 2.82 bits per heavy atom. The predicted octanol–water partition coefficient (Wildman–Crippen LogP) is 0.709. The number of anilines is 1. The van der Waals surface area contributed by atoms with Gasteiger partial charge in [0.25, 0.3) is 0 Å². The summed E-state index contributed by atoms with van der Waals surface area (Å²) >= 11 is 0.